The van der Waals surface area contributed by atoms with Crippen molar-refractivity contribution in [2.24, 2.45) is 0 Å². The van der Waals surface area contributed by atoms with E-state index in [2.05, 4.69) is 26.3 Å². The van der Waals surface area contributed by atoms with E-state index in [4.69, 9.17) is 20.6 Å². The molecule has 24 heavy (non-hydrogen) atoms. The minimum absolute atomic E-state index is 0.342. The Morgan fingerprint density at radius 1 is 0.917 bits per heavy atom. The van der Waals surface area contributed by atoms with Crippen molar-refractivity contribution in [2.75, 3.05) is 0 Å². The highest BCUT2D eigenvalue weighted by molar-refractivity contribution is 6.29. The van der Waals surface area contributed by atoms with E-state index in [1.165, 1.54) is 0 Å². The third-order valence-electron chi connectivity index (χ3n) is 4.18. The van der Waals surface area contributed by atoms with Crippen LogP contribution < -0.4 is 0 Å². The first-order valence-corrected chi connectivity index (χ1v) is 7.89. The molecule has 3 heterocycles. The van der Waals surface area contributed by atoms with Gasteiger partial charge in [0.25, 0.3) is 0 Å². The monoisotopic (exact) mass is 342 g/mol. The quantitative estimate of drug-likeness (QED) is 0.568. The van der Waals surface area contributed by atoms with E-state index >= 15 is 0 Å². The average Bonchev–Trinajstić information content (AvgIpc) is 3.16. The fraction of sp³-hybridized carbons (Fsp3) is 0.235. The standard InChI is InChI=1S/C17H15ClN4O2/c1-7-14(9(3)23-21-7)11-5-12(15-8(2)22-24-10(15)4)16-13(6-11)19-17(18)20-16/h5-6H,1-4H3,(H,19,20). The number of benzene rings is 1. The Morgan fingerprint density at radius 2 is 1.54 bits per heavy atom. The molecule has 0 spiro atoms. The van der Waals surface area contributed by atoms with Gasteiger partial charge in [-0.05, 0) is 57.0 Å². The number of nitrogens with zero attached hydrogens (tertiary/aromatic N) is 3. The van der Waals surface area contributed by atoms with Crippen molar-refractivity contribution in [3.05, 3.63) is 40.3 Å². The number of H-pyrrole nitrogens is 1. The SMILES string of the molecule is Cc1noc(C)c1-c1cc(-c2c(C)noc2C)c2nc(Cl)[nH]c2c1. The van der Waals surface area contributed by atoms with Gasteiger partial charge in [-0.15, -0.1) is 0 Å². The van der Waals surface area contributed by atoms with Crippen LogP contribution in [0.5, 0.6) is 0 Å². The summed E-state index contributed by atoms with van der Waals surface area (Å²) >= 11 is 6.10. The molecule has 1 N–H and O–H groups in total. The molecule has 0 bridgehead atoms. The maximum absolute atomic E-state index is 6.10. The summed E-state index contributed by atoms with van der Waals surface area (Å²) in [6.45, 7) is 7.62. The van der Waals surface area contributed by atoms with E-state index in [1.807, 2.05) is 33.8 Å². The summed E-state index contributed by atoms with van der Waals surface area (Å²) in [5, 5.41) is 8.45. The second-order valence-corrected chi connectivity index (χ2v) is 6.20. The van der Waals surface area contributed by atoms with Gasteiger partial charge in [0.15, 0.2) is 0 Å². The smallest absolute Gasteiger partial charge is 0.201 e. The van der Waals surface area contributed by atoms with Gasteiger partial charge in [0.2, 0.25) is 5.28 Å². The highest BCUT2D eigenvalue weighted by Gasteiger charge is 2.20. The van der Waals surface area contributed by atoms with Crippen molar-refractivity contribution in [3.63, 3.8) is 0 Å². The second-order valence-electron chi connectivity index (χ2n) is 5.85. The van der Waals surface area contributed by atoms with Crippen LogP contribution in [0.4, 0.5) is 0 Å². The first-order chi connectivity index (χ1) is 11.5. The number of nitrogens with one attached hydrogen (secondary N) is 1. The van der Waals surface area contributed by atoms with Crippen LogP contribution in [0.2, 0.25) is 5.28 Å². The van der Waals surface area contributed by atoms with Crippen LogP contribution in [0.25, 0.3) is 33.3 Å². The summed E-state index contributed by atoms with van der Waals surface area (Å²) in [6, 6.07) is 4.06. The molecule has 0 aliphatic heterocycles. The number of halogens is 1. The van der Waals surface area contributed by atoms with Crippen LogP contribution >= 0.6 is 11.6 Å². The molecule has 0 aliphatic rings. The molecule has 3 aromatic heterocycles. The van der Waals surface area contributed by atoms with Crippen LogP contribution in [0.1, 0.15) is 22.9 Å². The normalized spacial score (nSPS) is 11.5. The fourth-order valence-electron chi connectivity index (χ4n) is 3.18. The number of aromatic amines is 1. The molecule has 4 rings (SSSR count). The molecule has 4 aromatic rings. The van der Waals surface area contributed by atoms with Gasteiger partial charge in [-0.2, -0.15) is 0 Å². The molecule has 0 unspecified atom stereocenters. The Hall–Kier alpha value is -2.60. The number of aromatic nitrogens is 4. The molecule has 1 aromatic carbocycles. The van der Waals surface area contributed by atoms with Gasteiger partial charge in [0, 0.05) is 16.7 Å². The molecule has 0 saturated heterocycles. The predicted molar refractivity (Wildman–Crippen MR) is 91.0 cm³/mol. The molecule has 0 fully saturated rings. The number of aryl methyl sites for hydroxylation is 4. The summed E-state index contributed by atoms with van der Waals surface area (Å²) in [6.07, 6.45) is 0. The zero-order valence-corrected chi connectivity index (χ0v) is 14.4. The molecule has 122 valence electrons. The fourth-order valence-corrected chi connectivity index (χ4v) is 3.37. The van der Waals surface area contributed by atoms with E-state index in [0.717, 1.165) is 56.2 Å². The largest absolute Gasteiger partial charge is 0.361 e. The highest BCUT2D eigenvalue weighted by Crippen LogP contribution is 2.38. The summed E-state index contributed by atoms with van der Waals surface area (Å²) in [7, 11) is 0. The van der Waals surface area contributed by atoms with Gasteiger partial charge in [-0.25, -0.2) is 4.98 Å². The third kappa shape index (κ3) is 2.14. The minimum Gasteiger partial charge on any atom is -0.361 e. The van der Waals surface area contributed by atoms with Gasteiger partial charge >= 0.3 is 0 Å². The molecule has 7 heteroatoms. The molecule has 0 atom stereocenters. The van der Waals surface area contributed by atoms with Crippen molar-refractivity contribution >= 4 is 22.6 Å². The Balaban J connectivity index is 2.09. The Labute approximate surface area is 142 Å². The maximum atomic E-state index is 6.10. The number of hydrogen-bond acceptors (Lipinski definition) is 5. The van der Waals surface area contributed by atoms with Crippen molar-refractivity contribution in [2.45, 2.75) is 27.7 Å². The number of fused-ring (bicyclic) bond motifs is 1. The van der Waals surface area contributed by atoms with Crippen LogP contribution in [0.3, 0.4) is 0 Å². The lowest BCUT2D eigenvalue weighted by molar-refractivity contribution is 0.393. The van der Waals surface area contributed by atoms with E-state index in [9.17, 15) is 0 Å². The molecule has 6 nitrogen and oxygen atoms in total. The number of imidazole rings is 1. The summed E-state index contributed by atoms with van der Waals surface area (Å²) in [4.78, 5) is 7.51. The lowest BCUT2D eigenvalue weighted by Gasteiger charge is -2.07. The maximum Gasteiger partial charge on any atom is 0.201 e. The van der Waals surface area contributed by atoms with E-state index < -0.39 is 0 Å². The predicted octanol–water partition coefficient (Wildman–Crippen LogP) is 4.76. The summed E-state index contributed by atoms with van der Waals surface area (Å²) in [5.41, 5.74) is 7.06. The highest BCUT2D eigenvalue weighted by atomic mass is 35.5. The van der Waals surface area contributed by atoms with Gasteiger partial charge in [0.1, 0.15) is 11.5 Å². The molecule has 0 radical (unpaired) electrons. The minimum atomic E-state index is 0.342. The lowest BCUT2D eigenvalue weighted by Crippen LogP contribution is -1.89. The second kappa shape index (κ2) is 5.21. The van der Waals surface area contributed by atoms with E-state index in [0.29, 0.717) is 5.28 Å². The lowest BCUT2D eigenvalue weighted by atomic mass is 9.96. The van der Waals surface area contributed by atoms with Crippen molar-refractivity contribution < 1.29 is 9.05 Å². The molecular weight excluding hydrogens is 328 g/mol. The zero-order chi connectivity index (χ0) is 17.0. The van der Waals surface area contributed by atoms with Gasteiger partial charge < -0.3 is 14.0 Å². The Kier molecular flexibility index (Phi) is 3.25. The van der Waals surface area contributed by atoms with Gasteiger partial charge in [0.05, 0.1) is 22.4 Å². The van der Waals surface area contributed by atoms with Crippen LogP contribution in [0.15, 0.2) is 21.2 Å². The van der Waals surface area contributed by atoms with E-state index in [1.54, 1.807) is 0 Å². The molecule has 0 amide bonds. The van der Waals surface area contributed by atoms with Crippen LogP contribution in [0, 0.1) is 27.7 Å². The van der Waals surface area contributed by atoms with Crippen LogP contribution in [-0.4, -0.2) is 20.3 Å². The van der Waals surface area contributed by atoms with Gasteiger partial charge in [-0.3, -0.25) is 0 Å². The summed E-state index contributed by atoms with van der Waals surface area (Å²) < 4.78 is 10.6. The molecular formula is C17H15ClN4O2. The summed E-state index contributed by atoms with van der Waals surface area (Å²) in [5.74, 6) is 1.51. The Morgan fingerprint density at radius 3 is 2.12 bits per heavy atom. The molecule has 0 aliphatic carbocycles. The first-order valence-electron chi connectivity index (χ1n) is 7.51. The number of rotatable bonds is 2. The van der Waals surface area contributed by atoms with Crippen molar-refractivity contribution in [1.29, 1.82) is 0 Å². The topological polar surface area (TPSA) is 80.7 Å². The number of hydrogen-bond donors (Lipinski definition) is 1. The molecule has 0 saturated carbocycles. The zero-order valence-electron chi connectivity index (χ0n) is 13.7. The average molecular weight is 343 g/mol. The van der Waals surface area contributed by atoms with Crippen molar-refractivity contribution in [3.8, 4) is 22.3 Å². The Bertz CT molecular complexity index is 1040. The van der Waals surface area contributed by atoms with Crippen molar-refractivity contribution in [1.82, 2.24) is 20.3 Å². The third-order valence-corrected chi connectivity index (χ3v) is 4.36. The van der Waals surface area contributed by atoms with Gasteiger partial charge in [-0.1, -0.05) is 10.3 Å². The first kappa shape index (κ1) is 15.0. The van der Waals surface area contributed by atoms with E-state index in [-0.39, 0.29) is 0 Å². The van der Waals surface area contributed by atoms with Crippen LogP contribution in [-0.2, 0) is 0 Å².